The molecule has 8 nitrogen and oxygen atoms in total. The number of aromatic nitrogens is 2. The van der Waals surface area contributed by atoms with Gasteiger partial charge in [0.05, 0.1) is 11.7 Å². The van der Waals surface area contributed by atoms with E-state index < -0.39 is 15.4 Å². The molecule has 1 aliphatic heterocycles. The number of hydrogen-bond donors (Lipinski definition) is 1. The average molecular weight is 368 g/mol. The van der Waals surface area contributed by atoms with E-state index in [1.54, 1.807) is 6.92 Å². The summed E-state index contributed by atoms with van der Waals surface area (Å²) < 4.78 is 31.0. The molecule has 0 unspecified atom stereocenters. The van der Waals surface area contributed by atoms with Crippen molar-refractivity contribution >= 4 is 15.9 Å². The highest BCUT2D eigenvalue weighted by Crippen LogP contribution is 2.51. The first-order valence-corrected chi connectivity index (χ1v) is 10.5. The third-order valence-electron chi connectivity index (χ3n) is 6.15. The molecule has 3 aliphatic rings. The molecule has 1 amide bonds. The van der Waals surface area contributed by atoms with Crippen molar-refractivity contribution in [3.05, 3.63) is 11.7 Å². The van der Waals surface area contributed by atoms with Crippen LogP contribution in [0.1, 0.15) is 44.3 Å². The Labute approximate surface area is 147 Å². The van der Waals surface area contributed by atoms with Gasteiger partial charge < -0.3 is 9.84 Å². The predicted octanol–water partition coefficient (Wildman–Crippen LogP) is 0.586. The highest BCUT2D eigenvalue weighted by atomic mass is 32.2. The number of amides is 1. The first kappa shape index (κ1) is 17.0. The standard InChI is InChI=1S/C16H24N4O4S/c1-10-17-14(24-19-10)16-7-12(18-13(21)15(2)4-5-15)6-11(16)8-20(9-16)25(3,22)23/h11-12H,4-9H2,1-3H3,(H,18,21)/t11-,12+,16-/m0/s1. The molecule has 25 heavy (non-hydrogen) atoms. The van der Waals surface area contributed by atoms with E-state index in [4.69, 9.17) is 4.52 Å². The van der Waals surface area contributed by atoms with Crippen LogP contribution in [-0.4, -0.2) is 54.2 Å². The molecular formula is C16H24N4O4S. The fourth-order valence-electron chi connectivity index (χ4n) is 4.29. The van der Waals surface area contributed by atoms with Crippen molar-refractivity contribution in [1.29, 1.82) is 0 Å². The molecule has 0 aromatic carbocycles. The molecule has 4 rings (SSSR count). The number of nitrogens with zero attached hydrogens (tertiary/aromatic N) is 3. The molecule has 9 heteroatoms. The maximum atomic E-state index is 12.4. The van der Waals surface area contributed by atoms with Crippen LogP contribution in [0.2, 0.25) is 0 Å². The molecule has 2 heterocycles. The number of carbonyl (C=O) groups is 1. The van der Waals surface area contributed by atoms with Gasteiger partial charge in [0.2, 0.25) is 21.8 Å². The van der Waals surface area contributed by atoms with Crippen molar-refractivity contribution < 1.29 is 17.7 Å². The predicted molar refractivity (Wildman–Crippen MR) is 89.1 cm³/mol. The number of hydrogen-bond acceptors (Lipinski definition) is 6. The number of sulfonamides is 1. The van der Waals surface area contributed by atoms with Crippen molar-refractivity contribution in [1.82, 2.24) is 19.8 Å². The Morgan fingerprint density at radius 3 is 2.68 bits per heavy atom. The number of carbonyl (C=O) groups excluding carboxylic acids is 1. The molecule has 2 aliphatic carbocycles. The lowest BCUT2D eigenvalue weighted by atomic mass is 9.80. The van der Waals surface area contributed by atoms with E-state index in [1.807, 2.05) is 6.92 Å². The van der Waals surface area contributed by atoms with Gasteiger partial charge in [-0.05, 0) is 38.5 Å². The lowest BCUT2D eigenvalue weighted by Gasteiger charge is -2.25. The third kappa shape index (κ3) is 2.77. The highest BCUT2D eigenvalue weighted by molar-refractivity contribution is 7.88. The van der Waals surface area contributed by atoms with Crippen LogP contribution in [0.4, 0.5) is 0 Å². The van der Waals surface area contributed by atoms with Crippen molar-refractivity contribution in [2.45, 2.75) is 51.0 Å². The number of rotatable bonds is 4. The second-order valence-corrected chi connectivity index (χ2v) is 10.2. The van der Waals surface area contributed by atoms with E-state index in [1.165, 1.54) is 10.6 Å². The molecule has 1 N–H and O–H groups in total. The van der Waals surface area contributed by atoms with E-state index in [0.29, 0.717) is 31.2 Å². The molecule has 0 bridgehead atoms. The van der Waals surface area contributed by atoms with Gasteiger partial charge in [0.25, 0.3) is 0 Å². The maximum Gasteiger partial charge on any atom is 0.234 e. The zero-order chi connectivity index (χ0) is 18.0. The molecule has 138 valence electrons. The Bertz CT molecular complexity index is 816. The fourth-order valence-corrected chi connectivity index (χ4v) is 5.21. The summed E-state index contributed by atoms with van der Waals surface area (Å²) in [6.45, 7) is 4.51. The van der Waals surface area contributed by atoms with Crippen LogP contribution in [0.25, 0.3) is 0 Å². The van der Waals surface area contributed by atoms with E-state index in [2.05, 4.69) is 15.5 Å². The normalized spacial score (nSPS) is 34.0. The second kappa shape index (κ2) is 5.26. The van der Waals surface area contributed by atoms with Crippen LogP contribution in [0.3, 0.4) is 0 Å². The molecule has 3 atom stereocenters. The Balaban J connectivity index is 1.60. The van der Waals surface area contributed by atoms with E-state index >= 15 is 0 Å². The second-order valence-electron chi connectivity index (χ2n) is 8.23. The number of nitrogens with one attached hydrogen (secondary N) is 1. The van der Waals surface area contributed by atoms with Crippen LogP contribution in [0.5, 0.6) is 0 Å². The average Bonchev–Trinajstić information content (AvgIpc) is 2.84. The Kier molecular flexibility index (Phi) is 3.57. The van der Waals surface area contributed by atoms with E-state index in [0.717, 1.165) is 19.3 Å². The topological polar surface area (TPSA) is 105 Å². The van der Waals surface area contributed by atoms with Crippen LogP contribution >= 0.6 is 0 Å². The van der Waals surface area contributed by atoms with Crippen LogP contribution in [0.15, 0.2) is 4.52 Å². The monoisotopic (exact) mass is 368 g/mol. The zero-order valence-electron chi connectivity index (χ0n) is 14.8. The summed E-state index contributed by atoms with van der Waals surface area (Å²) in [7, 11) is -3.28. The van der Waals surface area contributed by atoms with Crippen molar-refractivity contribution in [2.75, 3.05) is 19.3 Å². The first-order chi connectivity index (χ1) is 11.6. The lowest BCUT2D eigenvalue weighted by molar-refractivity contribution is -0.126. The summed E-state index contributed by atoms with van der Waals surface area (Å²) in [5, 5.41) is 7.07. The van der Waals surface area contributed by atoms with Crippen molar-refractivity contribution in [3.8, 4) is 0 Å². The number of fused-ring (bicyclic) bond motifs is 1. The Morgan fingerprint density at radius 1 is 1.40 bits per heavy atom. The molecule has 1 aromatic rings. The molecule has 0 radical (unpaired) electrons. The van der Waals surface area contributed by atoms with Gasteiger partial charge in [-0.3, -0.25) is 4.79 Å². The summed E-state index contributed by atoms with van der Waals surface area (Å²) in [5.74, 6) is 1.21. The summed E-state index contributed by atoms with van der Waals surface area (Å²) in [6, 6.07) is 0.0174. The summed E-state index contributed by atoms with van der Waals surface area (Å²) in [4.78, 5) is 16.8. The minimum Gasteiger partial charge on any atom is -0.353 e. The van der Waals surface area contributed by atoms with Crippen molar-refractivity contribution in [3.63, 3.8) is 0 Å². The highest BCUT2D eigenvalue weighted by Gasteiger charge is 2.59. The quantitative estimate of drug-likeness (QED) is 0.834. The molecule has 2 saturated carbocycles. The molecule has 3 fully saturated rings. The minimum absolute atomic E-state index is 0.0174. The van der Waals surface area contributed by atoms with Crippen LogP contribution < -0.4 is 5.32 Å². The van der Waals surface area contributed by atoms with Gasteiger partial charge in [-0.2, -0.15) is 4.98 Å². The molecule has 1 saturated heterocycles. The lowest BCUT2D eigenvalue weighted by Crippen LogP contribution is -2.41. The third-order valence-corrected chi connectivity index (χ3v) is 7.37. The summed E-state index contributed by atoms with van der Waals surface area (Å²) >= 11 is 0. The van der Waals surface area contributed by atoms with Gasteiger partial charge in [-0.15, -0.1) is 0 Å². The fraction of sp³-hybridized carbons (Fsp3) is 0.812. The number of aryl methyl sites for hydroxylation is 1. The van der Waals surface area contributed by atoms with Crippen LogP contribution in [-0.2, 0) is 20.2 Å². The largest absolute Gasteiger partial charge is 0.353 e. The minimum atomic E-state index is -3.28. The molecule has 1 aromatic heterocycles. The van der Waals surface area contributed by atoms with Gasteiger partial charge in [0.15, 0.2) is 5.82 Å². The van der Waals surface area contributed by atoms with Gasteiger partial charge >= 0.3 is 0 Å². The van der Waals surface area contributed by atoms with Gasteiger partial charge in [-0.25, -0.2) is 12.7 Å². The molecule has 0 spiro atoms. The summed E-state index contributed by atoms with van der Waals surface area (Å²) in [5.41, 5.74) is -0.725. The smallest absolute Gasteiger partial charge is 0.234 e. The first-order valence-electron chi connectivity index (χ1n) is 8.69. The molecular weight excluding hydrogens is 344 g/mol. The van der Waals surface area contributed by atoms with E-state index in [-0.39, 0.29) is 23.3 Å². The van der Waals surface area contributed by atoms with Gasteiger partial charge in [0, 0.05) is 24.5 Å². The SMILES string of the molecule is Cc1noc([C@]23C[C@H](NC(=O)C4(C)CC4)C[C@H]2CN(S(C)(=O)=O)C3)n1. The van der Waals surface area contributed by atoms with E-state index in [9.17, 15) is 13.2 Å². The maximum absolute atomic E-state index is 12.4. The van der Waals surface area contributed by atoms with Gasteiger partial charge in [0.1, 0.15) is 0 Å². The van der Waals surface area contributed by atoms with Gasteiger partial charge in [-0.1, -0.05) is 12.1 Å². The Hall–Kier alpha value is -1.48. The zero-order valence-corrected chi connectivity index (χ0v) is 15.6. The summed E-state index contributed by atoms with van der Waals surface area (Å²) in [6.07, 6.45) is 4.46. The van der Waals surface area contributed by atoms with Crippen LogP contribution in [0, 0.1) is 18.3 Å². The van der Waals surface area contributed by atoms with Crippen molar-refractivity contribution in [2.24, 2.45) is 11.3 Å². The Morgan fingerprint density at radius 2 is 2.12 bits per heavy atom.